The number of hydrogen-bond donors (Lipinski definition) is 1. The minimum Gasteiger partial charge on any atom is -0.478 e. The monoisotopic (exact) mass is 319 g/mol. The van der Waals surface area contributed by atoms with Gasteiger partial charge in [0.1, 0.15) is 4.90 Å². The lowest BCUT2D eigenvalue weighted by atomic mass is 10.2. The zero-order valence-corrected chi connectivity index (χ0v) is 13.0. The Balaban J connectivity index is 3.08. The van der Waals surface area contributed by atoms with Gasteiger partial charge in [-0.3, -0.25) is 0 Å². The van der Waals surface area contributed by atoms with E-state index >= 15 is 0 Å². The predicted octanol–water partition coefficient (Wildman–Crippen LogP) is 2.85. The van der Waals surface area contributed by atoms with Gasteiger partial charge in [0.25, 0.3) is 0 Å². The molecule has 0 amide bonds. The molecule has 1 aromatic rings. The maximum absolute atomic E-state index is 12.4. The first-order valence-corrected chi connectivity index (χ1v) is 8.11. The number of hydrogen-bond acceptors (Lipinski definition) is 3. The van der Waals surface area contributed by atoms with Crippen LogP contribution in [0.3, 0.4) is 0 Å². The summed E-state index contributed by atoms with van der Waals surface area (Å²) in [5.41, 5.74) is -0.102. The second-order valence-corrected chi connectivity index (χ2v) is 6.90. The van der Waals surface area contributed by atoms with Gasteiger partial charge in [0.2, 0.25) is 10.0 Å². The van der Waals surface area contributed by atoms with Crippen molar-refractivity contribution in [1.82, 2.24) is 4.31 Å². The number of rotatable bonds is 7. The lowest BCUT2D eigenvalue weighted by molar-refractivity contribution is 0.0696. The van der Waals surface area contributed by atoms with Gasteiger partial charge < -0.3 is 5.11 Å². The van der Waals surface area contributed by atoms with Crippen LogP contribution >= 0.6 is 11.6 Å². The second-order valence-electron chi connectivity index (χ2n) is 4.48. The predicted molar refractivity (Wildman–Crippen MR) is 77.8 cm³/mol. The highest BCUT2D eigenvalue weighted by atomic mass is 35.5. The summed E-state index contributed by atoms with van der Waals surface area (Å²) in [4.78, 5) is 10.8. The number of carboxylic acid groups (broad SMARTS) is 1. The minimum atomic E-state index is -3.77. The molecule has 1 N–H and O–H groups in total. The van der Waals surface area contributed by atoms with Crippen molar-refractivity contribution in [3.05, 3.63) is 28.8 Å². The van der Waals surface area contributed by atoms with Crippen molar-refractivity contribution in [2.45, 2.75) is 31.1 Å². The largest absolute Gasteiger partial charge is 0.478 e. The molecule has 1 rings (SSSR count). The van der Waals surface area contributed by atoms with Crippen molar-refractivity contribution in [2.75, 3.05) is 13.6 Å². The van der Waals surface area contributed by atoms with E-state index in [0.29, 0.717) is 6.54 Å². The summed E-state index contributed by atoms with van der Waals surface area (Å²) in [6.07, 6.45) is 2.67. The van der Waals surface area contributed by atoms with E-state index in [9.17, 15) is 13.2 Å². The summed E-state index contributed by atoms with van der Waals surface area (Å²) in [5.74, 6) is -1.19. The van der Waals surface area contributed by atoms with E-state index in [0.717, 1.165) is 25.3 Å². The maximum Gasteiger partial charge on any atom is 0.335 e. The van der Waals surface area contributed by atoms with Crippen molar-refractivity contribution in [3.8, 4) is 0 Å². The standard InChI is InChI=1S/C13H18ClNO4S/c1-3-4-5-8-15(2)20(18,19)12-9-10(13(16)17)6-7-11(12)14/h6-7,9H,3-5,8H2,1-2H3,(H,16,17). The first-order chi connectivity index (χ1) is 9.30. The molecule has 0 spiro atoms. The fraction of sp³-hybridized carbons (Fsp3) is 0.462. The number of benzene rings is 1. The molecular formula is C13H18ClNO4S. The van der Waals surface area contributed by atoms with Crippen molar-refractivity contribution in [3.63, 3.8) is 0 Å². The van der Waals surface area contributed by atoms with Crippen LogP contribution in [0.4, 0.5) is 0 Å². The lowest BCUT2D eigenvalue weighted by Crippen LogP contribution is -2.28. The van der Waals surface area contributed by atoms with Crippen LogP contribution in [-0.4, -0.2) is 37.4 Å². The highest BCUT2D eigenvalue weighted by Gasteiger charge is 2.24. The minimum absolute atomic E-state index is 0.0253. The summed E-state index contributed by atoms with van der Waals surface area (Å²) in [5, 5.41) is 8.95. The third-order valence-electron chi connectivity index (χ3n) is 2.94. The lowest BCUT2D eigenvalue weighted by Gasteiger charge is -2.18. The topological polar surface area (TPSA) is 74.7 Å². The van der Waals surface area contributed by atoms with Crippen LogP contribution in [0.25, 0.3) is 0 Å². The van der Waals surface area contributed by atoms with Gasteiger partial charge in [-0.05, 0) is 24.6 Å². The third kappa shape index (κ3) is 3.94. The van der Waals surface area contributed by atoms with Crippen LogP contribution in [0.1, 0.15) is 36.5 Å². The Bertz CT molecular complexity index is 586. The molecule has 5 nitrogen and oxygen atoms in total. The van der Waals surface area contributed by atoms with Crippen molar-refractivity contribution in [1.29, 1.82) is 0 Å². The van der Waals surface area contributed by atoms with E-state index in [1.165, 1.54) is 23.5 Å². The molecule has 0 fully saturated rings. The average Bonchev–Trinajstić information content (AvgIpc) is 2.38. The molecule has 112 valence electrons. The van der Waals surface area contributed by atoms with Gasteiger partial charge in [0.15, 0.2) is 0 Å². The Labute approximate surface area is 124 Å². The summed E-state index contributed by atoms with van der Waals surface area (Å²) in [6, 6.07) is 3.66. The van der Waals surface area contributed by atoms with Crippen LogP contribution in [0.15, 0.2) is 23.1 Å². The fourth-order valence-corrected chi connectivity index (χ4v) is 3.41. The van der Waals surface area contributed by atoms with Gasteiger partial charge in [0, 0.05) is 13.6 Å². The molecule has 0 aliphatic carbocycles. The zero-order valence-electron chi connectivity index (χ0n) is 11.5. The molecule has 0 aliphatic rings. The Morgan fingerprint density at radius 1 is 1.35 bits per heavy atom. The number of unbranched alkanes of at least 4 members (excludes halogenated alkanes) is 2. The number of carbonyl (C=O) groups is 1. The number of nitrogens with zero attached hydrogens (tertiary/aromatic N) is 1. The summed E-state index contributed by atoms with van der Waals surface area (Å²) < 4.78 is 25.9. The zero-order chi connectivity index (χ0) is 15.3. The van der Waals surface area contributed by atoms with Crippen molar-refractivity contribution >= 4 is 27.6 Å². The Morgan fingerprint density at radius 3 is 2.55 bits per heavy atom. The first kappa shape index (κ1) is 16.9. The quantitative estimate of drug-likeness (QED) is 0.784. The number of sulfonamides is 1. The summed E-state index contributed by atoms with van der Waals surface area (Å²) >= 11 is 5.89. The van der Waals surface area contributed by atoms with E-state index in [1.807, 2.05) is 6.92 Å². The molecule has 0 aliphatic heterocycles. The van der Waals surface area contributed by atoms with E-state index in [-0.39, 0.29) is 15.5 Å². The van der Waals surface area contributed by atoms with Gasteiger partial charge in [-0.15, -0.1) is 0 Å². The van der Waals surface area contributed by atoms with Crippen LogP contribution in [0.2, 0.25) is 5.02 Å². The molecule has 20 heavy (non-hydrogen) atoms. The van der Waals surface area contributed by atoms with Crippen LogP contribution in [0.5, 0.6) is 0 Å². The number of halogens is 1. The highest BCUT2D eigenvalue weighted by molar-refractivity contribution is 7.89. The molecule has 0 atom stereocenters. The van der Waals surface area contributed by atoms with Gasteiger partial charge in [-0.25, -0.2) is 17.5 Å². The van der Waals surface area contributed by atoms with Crippen LogP contribution < -0.4 is 0 Å². The van der Waals surface area contributed by atoms with E-state index < -0.39 is 16.0 Å². The Morgan fingerprint density at radius 2 is 2.00 bits per heavy atom. The van der Waals surface area contributed by atoms with E-state index in [4.69, 9.17) is 16.7 Å². The molecule has 0 radical (unpaired) electrons. The molecular weight excluding hydrogens is 302 g/mol. The van der Waals surface area contributed by atoms with Gasteiger partial charge >= 0.3 is 5.97 Å². The molecule has 0 saturated heterocycles. The molecule has 1 aromatic carbocycles. The fourth-order valence-electron chi connectivity index (χ4n) is 1.71. The van der Waals surface area contributed by atoms with Crippen molar-refractivity contribution in [2.24, 2.45) is 0 Å². The smallest absolute Gasteiger partial charge is 0.335 e. The Hall–Kier alpha value is -1.11. The van der Waals surface area contributed by atoms with Crippen LogP contribution in [0, 0.1) is 0 Å². The van der Waals surface area contributed by atoms with Crippen molar-refractivity contribution < 1.29 is 18.3 Å². The molecule has 7 heteroatoms. The SMILES string of the molecule is CCCCCN(C)S(=O)(=O)c1cc(C(=O)O)ccc1Cl. The van der Waals surface area contributed by atoms with Gasteiger partial charge in [-0.1, -0.05) is 31.4 Å². The maximum atomic E-state index is 12.4. The van der Waals surface area contributed by atoms with Gasteiger partial charge in [0.05, 0.1) is 10.6 Å². The highest BCUT2D eigenvalue weighted by Crippen LogP contribution is 2.25. The first-order valence-electron chi connectivity index (χ1n) is 6.30. The summed E-state index contributed by atoms with van der Waals surface area (Å²) in [7, 11) is -2.30. The van der Waals surface area contributed by atoms with Crippen LogP contribution in [-0.2, 0) is 10.0 Å². The number of carboxylic acids is 1. The van der Waals surface area contributed by atoms with Gasteiger partial charge in [-0.2, -0.15) is 0 Å². The molecule has 0 unspecified atom stereocenters. The average molecular weight is 320 g/mol. The molecule has 0 aromatic heterocycles. The second kappa shape index (κ2) is 7.06. The van der Waals surface area contributed by atoms with E-state index in [2.05, 4.69) is 0 Å². The summed E-state index contributed by atoms with van der Waals surface area (Å²) in [6.45, 7) is 2.41. The number of aromatic carboxylic acids is 1. The molecule has 0 heterocycles. The van der Waals surface area contributed by atoms with E-state index in [1.54, 1.807) is 0 Å². The Kier molecular flexibility index (Phi) is 5.98. The normalized spacial score (nSPS) is 11.8. The molecule has 0 saturated carbocycles. The third-order valence-corrected chi connectivity index (χ3v) is 5.28. The molecule has 0 bridgehead atoms.